The summed E-state index contributed by atoms with van der Waals surface area (Å²) in [6.07, 6.45) is 9.18. The second kappa shape index (κ2) is 5.65. The Balaban J connectivity index is 1.38. The van der Waals surface area contributed by atoms with Crippen LogP contribution in [0.2, 0.25) is 0 Å². The molecule has 0 aromatic rings. The fraction of sp³-hybridized carbons (Fsp3) is 0.889. The quantitative estimate of drug-likeness (QED) is 0.586. The highest BCUT2D eigenvalue weighted by atomic mass is 35.5. The molecule has 5 rings (SSSR count). The van der Waals surface area contributed by atoms with Crippen LogP contribution in [0.15, 0.2) is 0 Å². The monoisotopic (exact) mass is 339 g/mol. The molecule has 2 unspecified atom stereocenters. The van der Waals surface area contributed by atoms with Crippen molar-refractivity contribution in [2.24, 2.45) is 17.3 Å². The van der Waals surface area contributed by atoms with Gasteiger partial charge in [-0.1, -0.05) is 0 Å². The van der Waals surface area contributed by atoms with Gasteiger partial charge in [-0.3, -0.25) is 9.59 Å². The zero-order valence-electron chi connectivity index (χ0n) is 13.7. The summed E-state index contributed by atoms with van der Waals surface area (Å²) < 4.78 is 5.50. The number of carbonyl (C=O) groups excluding carboxylic acids is 2. The summed E-state index contributed by atoms with van der Waals surface area (Å²) in [4.78, 5) is 26.6. The van der Waals surface area contributed by atoms with Crippen molar-refractivity contribution in [1.82, 2.24) is 4.90 Å². The molecule has 5 aliphatic rings. The molecule has 4 bridgehead atoms. The van der Waals surface area contributed by atoms with E-state index >= 15 is 0 Å². The van der Waals surface area contributed by atoms with Crippen LogP contribution in [-0.2, 0) is 14.3 Å². The van der Waals surface area contributed by atoms with Gasteiger partial charge in [0.1, 0.15) is 0 Å². The lowest BCUT2D eigenvalue weighted by atomic mass is 9.49. The molecule has 0 radical (unpaired) electrons. The van der Waals surface area contributed by atoms with Crippen molar-refractivity contribution in [3.8, 4) is 0 Å². The molecule has 23 heavy (non-hydrogen) atoms. The van der Waals surface area contributed by atoms with E-state index < -0.39 is 5.41 Å². The van der Waals surface area contributed by atoms with Crippen LogP contribution in [0.1, 0.15) is 57.8 Å². The van der Waals surface area contributed by atoms with E-state index in [2.05, 4.69) is 0 Å². The summed E-state index contributed by atoms with van der Waals surface area (Å²) in [6, 6.07) is 0. The van der Waals surface area contributed by atoms with Gasteiger partial charge >= 0.3 is 5.97 Å². The SMILES string of the molecule is O=C(COC(=O)C12CC3CC(CC(Cl)(C3)C1)C2)N1CCCCC1. The van der Waals surface area contributed by atoms with Gasteiger partial charge in [0, 0.05) is 18.0 Å². The highest BCUT2D eigenvalue weighted by molar-refractivity contribution is 6.24. The molecule has 5 heteroatoms. The van der Waals surface area contributed by atoms with Gasteiger partial charge in [-0.2, -0.15) is 0 Å². The van der Waals surface area contributed by atoms with Gasteiger partial charge < -0.3 is 9.64 Å². The van der Waals surface area contributed by atoms with Crippen molar-refractivity contribution in [2.75, 3.05) is 19.7 Å². The summed E-state index contributed by atoms with van der Waals surface area (Å²) in [6.45, 7) is 1.51. The van der Waals surface area contributed by atoms with Crippen LogP contribution in [0.5, 0.6) is 0 Å². The number of nitrogens with zero attached hydrogens (tertiary/aromatic N) is 1. The first-order valence-electron chi connectivity index (χ1n) is 9.12. The van der Waals surface area contributed by atoms with Crippen molar-refractivity contribution < 1.29 is 14.3 Å². The van der Waals surface area contributed by atoms with Crippen LogP contribution in [0.4, 0.5) is 0 Å². The van der Waals surface area contributed by atoms with Gasteiger partial charge in [-0.05, 0) is 69.6 Å². The maximum atomic E-state index is 12.8. The molecule has 1 heterocycles. The number of piperidine rings is 1. The molecule has 0 aromatic heterocycles. The Kier molecular flexibility index (Phi) is 3.86. The number of rotatable bonds is 3. The summed E-state index contributed by atoms with van der Waals surface area (Å²) in [5.41, 5.74) is -0.409. The van der Waals surface area contributed by atoms with Crippen LogP contribution >= 0.6 is 11.6 Å². The molecule has 4 saturated carbocycles. The first kappa shape index (κ1) is 15.7. The summed E-state index contributed by atoms with van der Waals surface area (Å²) in [5, 5.41) is 0. The zero-order valence-corrected chi connectivity index (χ0v) is 14.4. The Morgan fingerprint density at radius 2 is 1.70 bits per heavy atom. The van der Waals surface area contributed by atoms with Gasteiger partial charge in [0.15, 0.2) is 6.61 Å². The van der Waals surface area contributed by atoms with Gasteiger partial charge in [0.25, 0.3) is 5.91 Å². The lowest BCUT2D eigenvalue weighted by Gasteiger charge is -2.58. The highest BCUT2D eigenvalue weighted by Crippen LogP contribution is 2.64. The van der Waals surface area contributed by atoms with Crippen molar-refractivity contribution in [3.05, 3.63) is 0 Å². The Morgan fingerprint density at radius 1 is 1.04 bits per heavy atom. The Hall–Kier alpha value is -0.770. The van der Waals surface area contributed by atoms with E-state index in [1.54, 1.807) is 0 Å². The smallest absolute Gasteiger partial charge is 0.312 e. The van der Waals surface area contributed by atoms with Crippen LogP contribution < -0.4 is 0 Å². The third kappa shape index (κ3) is 2.88. The number of carbonyl (C=O) groups is 2. The fourth-order valence-electron chi connectivity index (χ4n) is 5.90. The first-order chi connectivity index (χ1) is 11.0. The number of likely N-dealkylation sites (tertiary alicyclic amines) is 1. The Morgan fingerprint density at radius 3 is 2.30 bits per heavy atom. The summed E-state index contributed by atoms with van der Waals surface area (Å²) in [5.74, 6) is 0.934. The van der Waals surface area contributed by atoms with Gasteiger partial charge in [0.05, 0.1) is 5.41 Å². The summed E-state index contributed by atoms with van der Waals surface area (Å²) >= 11 is 6.77. The lowest BCUT2D eigenvalue weighted by Crippen LogP contribution is -2.56. The number of halogens is 1. The molecule has 4 nitrogen and oxygen atoms in total. The molecule has 2 atom stereocenters. The minimum Gasteiger partial charge on any atom is -0.455 e. The van der Waals surface area contributed by atoms with E-state index in [-0.39, 0.29) is 23.4 Å². The van der Waals surface area contributed by atoms with Gasteiger partial charge in [-0.25, -0.2) is 0 Å². The maximum Gasteiger partial charge on any atom is 0.312 e. The minimum absolute atomic E-state index is 0.0386. The zero-order chi connectivity index (χ0) is 16.1. The third-order valence-electron chi connectivity index (χ3n) is 6.46. The van der Waals surface area contributed by atoms with Crippen molar-refractivity contribution in [2.45, 2.75) is 62.7 Å². The van der Waals surface area contributed by atoms with Gasteiger partial charge in [-0.15, -0.1) is 11.6 Å². The molecule has 4 aliphatic carbocycles. The van der Waals surface area contributed by atoms with E-state index in [1.165, 1.54) is 12.8 Å². The van der Waals surface area contributed by atoms with Crippen LogP contribution in [0.3, 0.4) is 0 Å². The number of esters is 1. The van der Waals surface area contributed by atoms with E-state index in [1.807, 2.05) is 4.90 Å². The molecular formula is C18H26ClNO3. The molecule has 5 fully saturated rings. The normalized spacial score (nSPS) is 41.9. The molecule has 1 aliphatic heterocycles. The third-order valence-corrected chi connectivity index (χ3v) is 6.90. The second-order valence-electron chi connectivity index (χ2n) is 8.41. The summed E-state index contributed by atoms with van der Waals surface area (Å²) in [7, 11) is 0. The number of alkyl halides is 1. The Bertz CT molecular complexity index is 500. The fourth-order valence-corrected chi connectivity index (χ4v) is 6.60. The van der Waals surface area contributed by atoms with Crippen molar-refractivity contribution in [1.29, 1.82) is 0 Å². The topological polar surface area (TPSA) is 46.6 Å². The molecule has 0 N–H and O–H groups in total. The number of amides is 1. The van der Waals surface area contributed by atoms with Crippen molar-refractivity contribution in [3.63, 3.8) is 0 Å². The molecule has 0 aromatic carbocycles. The predicted molar refractivity (Wildman–Crippen MR) is 87.1 cm³/mol. The Labute approximate surface area is 142 Å². The van der Waals surface area contributed by atoms with Crippen LogP contribution in [0, 0.1) is 17.3 Å². The van der Waals surface area contributed by atoms with Crippen LogP contribution in [0.25, 0.3) is 0 Å². The molecule has 128 valence electrons. The maximum absolute atomic E-state index is 12.8. The van der Waals surface area contributed by atoms with E-state index in [0.717, 1.165) is 58.0 Å². The molecule has 1 saturated heterocycles. The molecule has 1 amide bonds. The number of hydrogen-bond donors (Lipinski definition) is 0. The molecular weight excluding hydrogens is 314 g/mol. The lowest BCUT2D eigenvalue weighted by molar-refractivity contribution is -0.173. The van der Waals surface area contributed by atoms with Crippen LogP contribution in [-0.4, -0.2) is 41.3 Å². The number of ether oxygens (including phenoxy) is 1. The van der Waals surface area contributed by atoms with E-state index in [4.69, 9.17) is 16.3 Å². The molecule has 0 spiro atoms. The first-order valence-corrected chi connectivity index (χ1v) is 9.50. The standard InChI is InChI=1S/C18H26ClNO3/c19-18-9-13-6-14(10-18)8-17(7-13,12-18)16(22)23-11-15(21)20-4-2-1-3-5-20/h13-14H,1-12H2. The van der Waals surface area contributed by atoms with Crippen molar-refractivity contribution >= 4 is 23.5 Å². The van der Waals surface area contributed by atoms with E-state index in [0.29, 0.717) is 11.8 Å². The number of hydrogen-bond acceptors (Lipinski definition) is 3. The van der Waals surface area contributed by atoms with E-state index in [9.17, 15) is 9.59 Å². The van der Waals surface area contributed by atoms with Gasteiger partial charge in [0.2, 0.25) is 0 Å². The minimum atomic E-state index is -0.409. The highest BCUT2D eigenvalue weighted by Gasteiger charge is 2.60. The predicted octanol–water partition coefficient (Wildman–Crippen LogP) is 3.12. The average Bonchev–Trinajstić information content (AvgIpc) is 2.50. The average molecular weight is 340 g/mol. The largest absolute Gasteiger partial charge is 0.455 e. The second-order valence-corrected chi connectivity index (χ2v) is 9.21.